The van der Waals surface area contributed by atoms with Gasteiger partial charge in [0.05, 0.1) is 14.2 Å². The van der Waals surface area contributed by atoms with E-state index < -0.39 is 0 Å². The maximum absolute atomic E-state index is 11.9. The van der Waals surface area contributed by atoms with E-state index in [0.29, 0.717) is 36.0 Å². The van der Waals surface area contributed by atoms with Gasteiger partial charge < -0.3 is 20.5 Å². The molecule has 6 nitrogen and oxygen atoms in total. The summed E-state index contributed by atoms with van der Waals surface area (Å²) in [6.07, 6.45) is 0.675. The van der Waals surface area contributed by atoms with Gasteiger partial charge in [-0.05, 0) is 36.2 Å². The van der Waals surface area contributed by atoms with E-state index in [0.717, 1.165) is 5.56 Å². The standard InChI is InChI=1S/C16H19N3O3.ClH/c1-21-13-7-6-11(10-14(13)22-2)8-9-18-16(20)12-4-3-5-15(17)19-12;/h3-7,10H,8-9H2,1-2H3,(H2,17,19)(H,18,20);1H. The summed E-state index contributed by atoms with van der Waals surface area (Å²) in [6, 6.07) is 10.6. The summed E-state index contributed by atoms with van der Waals surface area (Å²) < 4.78 is 10.4. The van der Waals surface area contributed by atoms with Gasteiger partial charge >= 0.3 is 0 Å². The van der Waals surface area contributed by atoms with E-state index in [2.05, 4.69) is 10.3 Å². The van der Waals surface area contributed by atoms with Gasteiger partial charge in [-0.2, -0.15) is 0 Å². The van der Waals surface area contributed by atoms with E-state index in [4.69, 9.17) is 15.2 Å². The number of rotatable bonds is 6. The molecule has 1 heterocycles. The molecule has 124 valence electrons. The third kappa shape index (κ3) is 5.03. The average Bonchev–Trinajstić information content (AvgIpc) is 2.54. The van der Waals surface area contributed by atoms with Crippen LogP contribution in [0.25, 0.3) is 0 Å². The molecule has 23 heavy (non-hydrogen) atoms. The number of methoxy groups -OCH3 is 2. The number of benzene rings is 1. The molecule has 0 spiro atoms. The molecule has 0 bridgehead atoms. The second-order valence-electron chi connectivity index (χ2n) is 4.64. The number of carbonyl (C=O) groups is 1. The summed E-state index contributed by atoms with van der Waals surface area (Å²) in [7, 11) is 3.19. The lowest BCUT2D eigenvalue weighted by atomic mass is 10.1. The zero-order chi connectivity index (χ0) is 15.9. The van der Waals surface area contributed by atoms with Crippen LogP contribution in [0.5, 0.6) is 11.5 Å². The number of amides is 1. The first-order valence-electron chi connectivity index (χ1n) is 6.85. The van der Waals surface area contributed by atoms with Crippen LogP contribution in [0.3, 0.4) is 0 Å². The van der Waals surface area contributed by atoms with Gasteiger partial charge in [-0.25, -0.2) is 4.98 Å². The molecule has 0 atom stereocenters. The van der Waals surface area contributed by atoms with E-state index in [1.54, 1.807) is 32.4 Å². The van der Waals surface area contributed by atoms with Crippen LogP contribution < -0.4 is 20.5 Å². The number of nitrogens with one attached hydrogen (secondary N) is 1. The Morgan fingerprint density at radius 3 is 2.57 bits per heavy atom. The van der Waals surface area contributed by atoms with Crippen LogP contribution in [-0.2, 0) is 6.42 Å². The van der Waals surface area contributed by atoms with Crippen molar-refractivity contribution < 1.29 is 14.3 Å². The lowest BCUT2D eigenvalue weighted by Gasteiger charge is -2.10. The quantitative estimate of drug-likeness (QED) is 0.842. The summed E-state index contributed by atoms with van der Waals surface area (Å²) in [5, 5.41) is 2.81. The number of pyridine rings is 1. The number of carbonyl (C=O) groups excluding carboxylic acids is 1. The third-order valence-electron chi connectivity index (χ3n) is 3.15. The molecule has 3 N–H and O–H groups in total. The number of halogens is 1. The van der Waals surface area contributed by atoms with Crippen molar-refractivity contribution in [1.82, 2.24) is 10.3 Å². The summed E-state index contributed by atoms with van der Waals surface area (Å²) in [5.41, 5.74) is 6.91. The Balaban J connectivity index is 0.00000264. The van der Waals surface area contributed by atoms with Crippen molar-refractivity contribution in [1.29, 1.82) is 0 Å². The number of ether oxygens (including phenoxy) is 2. The van der Waals surface area contributed by atoms with E-state index >= 15 is 0 Å². The van der Waals surface area contributed by atoms with Crippen LogP contribution in [0.2, 0.25) is 0 Å². The number of nitrogen functional groups attached to an aromatic ring is 1. The van der Waals surface area contributed by atoms with Crippen LogP contribution in [0.1, 0.15) is 16.1 Å². The smallest absolute Gasteiger partial charge is 0.269 e. The molecule has 1 aromatic carbocycles. The number of anilines is 1. The Morgan fingerprint density at radius 2 is 1.91 bits per heavy atom. The number of nitrogens with zero attached hydrogens (tertiary/aromatic N) is 1. The number of hydrogen-bond acceptors (Lipinski definition) is 5. The third-order valence-corrected chi connectivity index (χ3v) is 3.15. The Hall–Kier alpha value is -2.47. The summed E-state index contributed by atoms with van der Waals surface area (Å²) in [6.45, 7) is 0.491. The number of hydrogen-bond donors (Lipinski definition) is 2. The van der Waals surface area contributed by atoms with Crippen molar-refractivity contribution in [2.45, 2.75) is 6.42 Å². The van der Waals surface area contributed by atoms with Crippen molar-refractivity contribution in [3.63, 3.8) is 0 Å². The maximum Gasteiger partial charge on any atom is 0.269 e. The Morgan fingerprint density at radius 1 is 1.17 bits per heavy atom. The second kappa shape index (κ2) is 8.85. The highest BCUT2D eigenvalue weighted by atomic mass is 35.5. The van der Waals surface area contributed by atoms with Gasteiger partial charge in [0.25, 0.3) is 5.91 Å². The fraction of sp³-hybridized carbons (Fsp3) is 0.250. The topological polar surface area (TPSA) is 86.5 Å². The van der Waals surface area contributed by atoms with Gasteiger partial charge in [-0.1, -0.05) is 12.1 Å². The Bertz CT molecular complexity index is 665. The van der Waals surface area contributed by atoms with Gasteiger partial charge in [-0.15, -0.1) is 12.4 Å². The molecule has 1 aromatic heterocycles. The summed E-state index contributed by atoms with van der Waals surface area (Å²) >= 11 is 0. The van der Waals surface area contributed by atoms with Crippen LogP contribution in [0, 0.1) is 0 Å². The second-order valence-corrected chi connectivity index (χ2v) is 4.64. The zero-order valence-electron chi connectivity index (χ0n) is 13.0. The van der Waals surface area contributed by atoms with Gasteiger partial charge in [0.2, 0.25) is 0 Å². The largest absolute Gasteiger partial charge is 0.493 e. The predicted octanol–water partition coefficient (Wildman–Crippen LogP) is 2.08. The molecule has 1 amide bonds. The Kier molecular flexibility index (Phi) is 7.15. The molecule has 0 aliphatic carbocycles. The van der Waals surface area contributed by atoms with E-state index in [-0.39, 0.29) is 18.3 Å². The van der Waals surface area contributed by atoms with Crippen LogP contribution in [0.4, 0.5) is 5.82 Å². The molecule has 2 rings (SSSR count). The van der Waals surface area contributed by atoms with Crippen molar-refractivity contribution in [3.05, 3.63) is 47.7 Å². The molecular formula is C16H20ClN3O3. The summed E-state index contributed by atoms with van der Waals surface area (Å²) in [5.74, 6) is 1.43. The molecule has 0 unspecified atom stereocenters. The van der Waals surface area contributed by atoms with Crippen molar-refractivity contribution in [2.24, 2.45) is 0 Å². The molecular weight excluding hydrogens is 318 g/mol. The van der Waals surface area contributed by atoms with E-state index in [1.807, 2.05) is 18.2 Å². The first kappa shape index (κ1) is 18.6. The van der Waals surface area contributed by atoms with Crippen LogP contribution >= 0.6 is 12.4 Å². The minimum absolute atomic E-state index is 0. The number of aromatic nitrogens is 1. The first-order chi connectivity index (χ1) is 10.6. The highest BCUT2D eigenvalue weighted by Gasteiger charge is 2.08. The van der Waals surface area contributed by atoms with Crippen molar-refractivity contribution in [3.8, 4) is 11.5 Å². The lowest BCUT2D eigenvalue weighted by Crippen LogP contribution is -2.26. The van der Waals surface area contributed by atoms with Gasteiger partial charge in [-0.3, -0.25) is 4.79 Å². The van der Waals surface area contributed by atoms with Gasteiger partial charge in [0.1, 0.15) is 11.5 Å². The van der Waals surface area contributed by atoms with Crippen molar-refractivity contribution >= 4 is 24.1 Å². The fourth-order valence-corrected chi connectivity index (χ4v) is 2.02. The SMILES string of the molecule is COc1ccc(CCNC(=O)c2cccc(N)n2)cc1OC.Cl. The maximum atomic E-state index is 11.9. The van der Waals surface area contributed by atoms with Crippen LogP contribution in [0.15, 0.2) is 36.4 Å². The van der Waals surface area contributed by atoms with Crippen LogP contribution in [-0.4, -0.2) is 31.7 Å². The van der Waals surface area contributed by atoms with Gasteiger partial charge in [0.15, 0.2) is 11.5 Å². The summed E-state index contributed by atoms with van der Waals surface area (Å²) in [4.78, 5) is 15.9. The average molecular weight is 338 g/mol. The lowest BCUT2D eigenvalue weighted by molar-refractivity contribution is 0.0949. The monoisotopic (exact) mass is 337 g/mol. The molecule has 0 radical (unpaired) electrons. The predicted molar refractivity (Wildman–Crippen MR) is 91.5 cm³/mol. The molecule has 0 aliphatic heterocycles. The van der Waals surface area contributed by atoms with Gasteiger partial charge in [0, 0.05) is 6.54 Å². The fourth-order valence-electron chi connectivity index (χ4n) is 2.02. The molecule has 7 heteroatoms. The number of nitrogens with two attached hydrogens (primary N) is 1. The molecule has 0 saturated carbocycles. The zero-order valence-corrected chi connectivity index (χ0v) is 13.9. The molecule has 0 saturated heterocycles. The van der Waals surface area contributed by atoms with E-state index in [1.165, 1.54) is 0 Å². The van der Waals surface area contributed by atoms with Crippen molar-refractivity contribution in [2.75, 3.05) is 26.5 Å². The minimum atomic E-state index is -0.243. The minimum Gasteiger partial charge on any atom is -0.493 e. The highest BCUT2D eigenvalue weighted by molar-refractivity contribution is 5.92. The van der Waals surface area contributed by atoms with E-state index in [9.17, 15) is 4.79 Å². The molecule has 2 aromatic rings. The molecule has 0 fully saturated rings. The normalized spacial score (nSPS) is 9.65. The highest BCUT2D eigenvalue weighted by Crippen LogP contribution is 2.27. The molecule has 0 aliphatic rings. The Labute approximate surface area is 141 Å². The first-order valence-corrected chi connectivity index (χ1v) is 6.85.